The third-order valence-corrected chi connectivity index (χ3v) is 2.54. The fraction of sp³-hybridized carbons (Fsp3) is 0.357. The third kappa shape index (κ3) is 3.81. The number of rotatable bonds is 6. The highest BCUT2D eigenvalue weighted by Crippen LogP contribution is 2.22. The first-order valence-electron chi connectivity index (χ1n) is 5.98. The van der Waals surface area contributed by atoms with Crippen LogP contribution in [-0.2, 0) is 14.3 Å². The molecule has 0 aliphatic rings. The Morgan fingerprint density at radius 1 is 1.15 bits per heavy atom. The van der Waals surface area contributed by atoms with Crippen LogP contribution in [0.5, 0.6) is 5.75 Å². The summed E-state index contributed by atoms with van der Waals surface area (Å²) >= 11 is 0. The lowest BCUT2D eigenvalue weighted by Gasteiger charge is -2.08. The van der Waals surface area contributed by atoms with Gasteiger partial charge < -0.3 is 14.2 Å². The smallest absolute Gasteiger partial charge is 0.341 e. The van der Waals surface area contributed by atoms with Crippen molar-refractivity contribution in [2.75, 3.05) is 20.8 Å². The highest BCUT2D eigenvalue weighted by molar-refractivity contribution is 6.06. The van der Waals surface area contributed by atoms with E-state index >= 15 is 0 Å². The number of ketones is 1. The van der Waals surface area contributed by atoms with E-state index in [0.717, 1.165) is 0 Å². The second kappa shape index (κ2) is 7.28. The second-order valence-electron chi connectivity index (χ2n) is 3.81. The van der Waals surface area contributed by atoms with Crippen molar-refractivity contribution >= 4 is 17.7 Å². The molecule has 1 rings (SSSR count). The van der Waals surface area contributed by atoms with Crippen LogP contribution in [0.15, 0.2) is 18.2 Å². The first-order chi connectivity index (χ1) is 9.53. The summed E-state index contributed by atoms with van der Waals surface area (Å²) in [6.07, 6.45) is -0.353. The topological polar surface area (TPSA) is 78.9 Å². The van der Waals surface area contributed by atoms with Gasteiger partial charge in [-0.2, -0.15) is 0 Å². The van der Waals surface area contributed by atoms with Crippen LogP contribution >= 0.6 is 0 Å². The summed E-state index contributed by atoms with van der Waals surface area (Å²) in [4.78, 5) is 34.6. The van der Waals surface area contributed by atoms with E-state index in [1.807, 2.05) is 0 Å². The summed E-state index contributed by atoms with van der Waals surface area (Å²) in [5.74, 6) is -1.34. The molecule has 0 atom stereocenters. The number of ether oxygens (including phenoxy) is 3. The minimum Gasteiger partial charge on any atom is -0.496 e. The van der Waals surface area contributed by atoms with E-state index in [9.17, 15) is 14.4 Å². The Hall–Kier alpha value is -2.37. The molecule has 1 aromatic rings. The van der Waals surface area contributed by atoms with Crippen LogP contribution in [-0.4, -0.2) is 38.5 Å². The van der Waals surface area contributed by atoms with Crippen LogP contribution in [0.4, 0.5) is 0 Å². The second-order valence-corrected chi connectivity index (χ2v) is 3.81. The van der Waals surface area contributed by atoms with Crippen molar-refractivity contribution < 1.29 is 28.6 Å². The van der Waals surface area contributed by atoms with Crippen LogP contribution in [0.3, 0.4) is 0 Å². The van der Waals surface area contributed by atoms with Gasteiger partial charge in [-0.1, -0.05) is 6.07 Å². The van der Waals surface area contributed by atoms with E-state index in [4.69, 9.17) is 9.47 Å². The molecule has 0 N–H and O–H groups in total. The Morgan fingerprint density at radius 2 is 1.85 bits per heavy atom. The number of hydrogen-bond donors (Lipinski definition) is 0. The molecule has 0 aliphatic carbocycles. The lowest BCUT2D eigenvalue weighted by atomic mass is 10.0. The van der Waals surface area contributed by atoms with Crippen molar-refractivity contribution in [1.29, 1.82) is 0 Å². The van der Waals surface area contributed by atoms with Gasteiger partial charge in [0.1, 0.15) is 17.7 Å². The summed E-state index contributed by atoms with van der Waals surface area (Å²) in [5.41, 5.74) is 0.477. The molecule has 108 valence electrons. The van der Waals surface area contributed by atoms with Crippen molar-refractivity contribution in [2.45, 2.75) is 13.3 Å². The quantitative estimate of drug-likeness (QED) is 0.447. The summed E-state index contributed by atoms with van der Waals surface area (Å²) in [6, 6.07) is 4.26. The van der Waals surface area contributed by atoms with E-state index in [0.29, 0.717) is 0 Å². The molecule has 0 spiro atoms. The van der Waals surface area contributed by atoms with Gasteiger partial charge in [0.05, 0.1) is 20.8 Å². The standard InChI is InChI=1S/C14H16O6/c1-4-20-13(16)8-11(15)9-5-6-10(14(17)19-3)12(7-9)18-2/h5-7H,4,8H2,1-3H3. The van der Waals surface area contributed by atoms with Gasteiger partial charge in [0, 0.05) is 5.56 Å². The van der Waals surface area contributed by atoms with Crippen LogP contribution in [0.1, 0.15) is 34.1 Å². The zero-order valence-electron chi connectivity index (χ0n) is 11.6. The average Bonchev–Trinajstić information content (AvgIpc) is 2.45. The molecule has 0 saturated carbocycles. The van der Waals surface area contributed by atoms with Gasteiger partial charge in [-0.05, 0) is 19.1 Å². The first kappa shape index (κ1) is 15.7. The molecule has 0 aliphatic heterocycles. The zero-order valence-corrected chi connectivity index (χ0v) is 11.6. The molecule has 1 aromatic carbocycles. The van der Waals surface area contributed by atoms with Crippen molar-refractivity contribution in [2.24, 2.45) is 0 Å². The summed E-state index contributed by atoms with van der Waals surface area (Å²) in [5, 5.41) is 0. The lowest BCUT2D eigenvalue weighted by molar-refractivity contribution is -0.141. The molecule has 20 heavy (non-hydrogen) atoms. The summed E-state index contributed by atoms with van der Waals surface area (Å²) < 4.78 is 14.3. The van der Waals surface area contributed by atoms with Gasteiger partial charge in [0.2, 0.25) is 0 Å². The number of carbonyl (C=O) groups excluding carboxylic acids is 3. The molecular weight excluding hydrogens is 264 g/mol. The molecular formula is C14H16O6. The maximum atomic E-state index is 11.9. The highest BCUT2D eigenvalue weighted by atomic mass is 16.5. The SMILES string of the molecule is CCOC(=O)CC(=O)c1ccc(C(=O)OC)c(OC)c1. The number of Topliss-reactive ketones (excluding diaryl/α,β-unsaturated/α-hetero) is 1. The van der Waals surface area contributed by atoms with Gasteiger partial charge in [-0.25, -0.2) is 4.79 Å². The Morgan fingerprint density at radius 3 is 2.40 bits per heavy atom. The highest BCUT2D eigenvalue weighted by Gasteiger charge is 2.17. The van der Waals surface area contributed by atoms with Gasteiger partial charge in [0.25, 0.3) is 0 Å². The van der Waals surface area contributed by atoms with Crippen LogP contribution in [0, 0.1) is 0 Å². The molecule has 6 heteroatoms. The third-order valence-electron chi connectivity index (χ3n) is 2.54. The Labute approximate surface area is 116 Å². The molecule has 0 amide bonds. The van der Waals surface area contributed by atoms with E-state index in [-0.39, 0.29) is 29.9 Å². The number of benzene rings is 1. The van der Waals surface area contributed by atoms with Crippen molar-refractivity contribution in [1.82, 2.24) is 0 Å². The monoisotopic (exact) mass is 280 g/mol. The maximum Gasteiger partial charge on any atom is 0.341 e. The Bertz CT molecular complexity index is 520. The van der Waals surface area contributed by atoms with Crippen molar-refractivity contribution in [3.63, 3.8) is 0 Å². The molecule has 0 fully saturated rings. The summed E-state index contributed by atoms with van der Waals surface area (Å²) in [6.45, 7) is 1.88. The fourth-order valence-corrected chi connectivity index (χ4v) is 1.59. The van der Waals surface area contributed by atoms with E-state index in [1.165, 1.54) is 32.4 Å². The predicted molar refractivity (Wildman–Crippen MR) is 69.9 cm³/mol. The zero-order chi connectivity index (χ0) is 15.1. The number of carbonyl (C=O) groups is 3. The minimum atomic E-state index is -0.589. The number of esters is 2. The molecule has 0 bridgehead atoms. The van der Waals surface area contributed by atoms with Crippen LogP contribution in [0.2, 0.25) is 0 Å². The van der Waals surface area contributed by atoms with E-state index in [2.05, 4.69) is 4.74 Å². The van der Waals surface area contributed by atoms with Crippen molar-refractivity contribution in [3.05, 3.63) is 29.3 Å². The fourth-order valence-electron chi connectivity index (χ4n) is 1.59. The summed E-state index contributed by atoms with van der Waals surface area (Å²) in [7, 11) is 2.63. The van der Waals surface area contributed by atoms with Crippen LogP contribution in [0.25, 0.3) is 0 Å². The largest absolute Gasteiger partial charge is 0.496 e. The minimum absolute atomic E-state index is 0.211. The Balaban J connectivity index is 2.95. The average molecular weight is 280 g/mol. The molecule has 0 radical (unpaired) electrons. The maximum absolute atomic E-state index is 11.9. The normalized spacial score (nSPS) is 9.75. The van der Waals surface area contributed by atoms with Gasteiger partial charge in [-0.15, -0.1) is 0 Å². The van der Waals surface area contributed by atoms with E-state index < -0.39 is 17.7 Å². The molecule has 6 nitrogen and oxygen atoms in total. The lowest BCUT2D eigenvalue weighted by Crippen LogP contribution is -2.12. The van der Waals surface area contributed by atoms with Crippen LogP contribution < -0.4 is 4.74 Å². The molecule has 0 heterocycles. The Kier molecular flexibility index (Phi) is 5.71. The van der Waals surface area contributed by atoms with Gasteiger partial charge >= 0.3 is 11.9 Å². The molecule has 0 saturated heterocycles. The van der Waals surface area contributed by atoms with E-state index in [1.54, 1.807) is 6.92 Å². The predicted octanol–water partition coefficient (Wildman–Crippen LogP) is 1.62. The van der Waals surface area contributed by atoms with Gasteiger partial charge in [-0.3, -0.25) is 9.59 Å². The number of hydrogen-bond acceptors (Lipinski definition) is 6. The molecule has 0 aromatic heterocycles. The van der Waals surface area contributed by atoms with Gasteiger partial charge in [0.15, 0.2) is 5.78 Å². The van der Waals surface area contributed by atoms with Crippen molar-refractivity contribution in [3.8, 4) is 5.75 Å². The number of methoxy groups -OCH3 is 2. The first-order valence-corrected chi connectivity index (χ1v) is 5.98. The molecule has 0 unspecified atom stereocenters.